The van der Waals surface area contributed by atoms with Crippen molar-refractivity contribution in [1.29, 1.82) is 0 Å². The maximum Gasteiger partial charge on any atom is 0.352 e. The molecular weight excluding hydrogens is 366 g/mol. The van der Waals surface area contributed by atoms with Gasteiger partial charge in [-0.3, -0.25) is 4.79 Å². The summed E-state index contributed by atoms with van der Waals surface area (Å²) in [4.78, 5) is 14.2. The smallest absolute Gasteiger partial charge is 0.352 e. The molecule has 1 aromatic carbocycles. The third kappa shape index (κ3) is 2.96. The Labute approximate surface area is 135 Å². The van der Waals surface area contributed by atoms with Crippen molar-refractivity contribution in [2.24, 2.45) is 5.73 Å². The molecule has 23 heavy (non-hydrogen) atoms. The van der Waals surface area contributed by atoms with Gasteiger partial charge < -0.3 is 5.73 Å². The lowest BCUT2D eigenvalue weighted by Gasteiger charge is -2.16. The van der Waals surface area contributed by atoms with E-state index < -0.39 is 56.3 Å². The van der Waals surface area contributed by atoms with Gasteiger partial charge in [-0.25, -0.2) is 18.2 Å². The van der Waals surface area contributed by atoms with Gasteiger partial charge in [0.25, 0.3) is 5.91 Å². The molecule has 1 aromatic heterocycles. The van der Waals surface area contributed by atoms with Crippen LogP contribution in [0.5, 0.6) is 0 Å². The van der Waals surface area contributed by atoms with Crippen molar-refractivity contribution in [3.8, 4) is 11.3 Å². The molecule has 0 saturated heterocycles. The van der Waals surface area contributed by atoms with Crippen molar-refractivity contribution < 1.29 is 26.7 Å². The van der Waals surface area contributed by atoms with Gasteiger partial charge in [0.15, 0.2) is 11.6 Å². The fraction of sp³-hybridized carbons (Fsp3) is 0.0769. The standard InChI is InChI=1S/C13H5Cl2F5N2O/c14-7-3-5(13(19,20)12(21)23)10(18)11(22-7)4-1-2-6(16)8(15)9(4)17/h1-3H,(H2,21,23). The van der Waals surface area contributed by atoms with Crippen LogP contribution in [-0.4, -0.2) is 10.9 Å². The number of nitrogens with two attached hydrogens (primary N) is 1. The molecule has 2 rings (SSSR count). The molecule has 0 saturated carbocycles. The summed E-state index contributed by atoms with van der Waals surface area (Å²) in [6.45, 7) is 0. The molecule has 0 atom stereocenters. The summed E-state index contributed by atoms with van der Waals surface area (Å²) in [7, 11) is 0. The molecule has 0 spiro atoms. The second-order valence-corrected chi connectivity index (χ2v) is 5.08. The fourth-order valence-corrected chi connectivity index (χ4v) is 2.11. The number of carbonyl (C=O) groups excluding carboxylic acids is 1. The highest BCUT2D eigenvalue weighted by molar-refractivity contribution is 6.31. The molecule has 0 aliphatic carbocycles. The zero-order valence-corrected chi connectivity index (χ0v) is 12.3. The lowest BCUT2D eigenvalue weighted by molar-refractivity contribution is -0.143. The number of amides is 1. The molecule has 0 bridgehead atoms. The van der Waals surface area contributed by atoms with Crippen LogP contribution < -0.4 is 5.73 Å². The molecule has 2 N–H and O–H groups in total. The van der Waals surface area contributed by atoms with E-state index in [-0.39, 0.29) is 0 Å². The van der Waals surface area contributed by atoms with E-state index in [1.54, 1.807) is 0 Å². The van der Waals surface area contributed by atoms with Gasteiger partial charge in [0.05, 0.1) is 5.56 Å². The third-order valence-corrected chi connectivity index (χ3v) is 3.40. The van der Waals surface area contributed by atoms with Crippen LogP contribution in [0.3, 0.4) is 0 Å². The maximum absolute atomic E-state index is 14.3. The molecule has 0 aliphatic heterocycles. The van der Waals surface area contributed by atoms with Gasteiger partial charge in [-0.1, -0.05) is 23.2 Å². The second kappa shape index (κ2) is 5.93. The Morgan fingerprint density at radius 3 is 2.30 bits per heavy atom. The minimum atomic E-state index is -4.41. The second-order valence-electron chi connectivity index (χ2n) is 4.32. The van der Waals surface area contributed by atoms with E-state index in [9.17, 15) is 26.7 Å². The number of hydrogen-bond donors (Lipinski definition) is 1. The van der Waals surface area contributed by atoms with Crippen LogP contribution in [-0.2, 0) is 10.7 Å². The Hall–Kier alpha value is -1.93. The molecule has 0 aliphatic rings. The molecule has 0 fully saturated rings. The van der Waals surface area contributed by atoms with E-state index in [0.29, 0.717) is 12.1 Å². The summed E-state index contributed by atoms with van der Waals surface area (Å²) in [6, 6.07) is 1.81. The highest BCUT2D eigenvalue weighted by Crippen LogP contribution is 2.37. The Morgan fingerprint density at radius 2 is 1.74 bits per heavy atom. The number of aromatic nitrogens is 1. The molecule has 3 nitrogen and oxygen atoms in total. The summed E-state index contributed by atoms with van der Waals surface area (Å²) in [5, 5.41) is -1.64. The van der Waals surface area contributed by atoms with Crippen molar-refractivity contribution in [3.63, 3.8) is 0 Å². The quantitative estimate of drug-likeness (QED) is 0.503. The Bertz CT molecular complexity index is 813. The number of primary amides is 1. The average Bonchev–Trinajstić information content (AvgIpc) is 2.47. The van der Waals surface area contributed by atoms with Crippen molar-refractivity contribution >= 4 is 29.1 Å². The first-order chi connectivity index (χ1) is 10.6. The van der Waals surface area contributed by atoms with Crippen molar-refractivity contribution in [1.82, 2.24) is 4.98 Å². The van der Waals surface area contributed by atoms with Crippen molar-refractivity contribution in [2.45, 2.75) is 5.92 Å². The zero-order valence-electron chi connectivity index (χ0n) is 10.8. The van der Waals surface area contributed by atoms with Gasteiger partial charge >= 0.3 is 5.92 Å². The number of benzene rings is 1. The Morgan fingerprint density at radius 1 is 1.13 bits per heavy atom. The molecule has 1 heterocycles. The van der Waals surface area contributed by atoms with Gasteiger partial charge in [0.1, 0.15) is 21.7 Å². The first-order valence-corrected chi connectivity index (χ1v) is 6.51. The van der Waals surface area contributed by atoms with Crippen LogP contribution in [0, 0.1) is 17.5 Å². The summed E-state index contributed by atoms with van der Waals surface area (Å²) in [6.07, 6.45) is 0. The highest BCUT2D eigenvalue weighted by Gasteiger charge is 2.43. The molecule has 0 radical (unpaired) electrons. The molecule has 2 aromatic rings. The first kappa shape index (κ1) is 17.4. The number of alkyl halides is 2. The summed E-state index contributed by atoms with van der Waals surface area (Å²) in [5.41, 5.74) is 1.36. The molecule has 122 valence electrons. The molecular formula is C13H5Cl2F5N2O. The van der Waals surface area contributed by atoms with Crippen LogP contribution in [0.15, 0.2) is 18.2 Å². The van der Waals surface area contributed by atoms with Crippen LogP contribution in [0.1, 0.15) is 5.56 Å². The van der Waals surface area contributed by atoms with E-state index in [1.165, 1.54) is 0 Å². The zero-order chi connectivity index (χ0) is 17.5. The van der Waals surface area contributed by atoms with Gasteiger partial charge in [0, 0.05) is 5.56 Å². The van der Waals surface area contributed by atoms with Gasteiger partial charge in [0.2, 0.25) is 0 Å². The van der Waals surface area contributed by atoms with Gasteiger partial charge in [-0.2, -0.15) is 8.78 Å². The SMILES string of the molecule is NC(=O)C(F)(F)c1cc(Cl)nc(-c2ccc(F)c(Cl)c2F)c1F. The van der Waals surface area contributed by atoms with Crippen molar-refractivity contribution in [2.75, 3.05) is 0 Å². The van der Waals surface area contributed by atoms with E-state index in [2.05, 4.69) is 10.7 Å². The summed E-state index contributed by atoms with van der Waals surface area (Å²) >= 11 is 10.9. The topological polar surface area (TPSA) is 56.0 Å². The lowest BCUT2D eigenvalue weighted by Crippen LogP contribution is -2.34. The van der Waals surface area contributed by atoms with Crippen LogP contribution in [0.2, 0.25) is 10.2 Å². The van der Waals surface area contributed by atoms with Gasteiger partial charge in [-0.15, -0.1) is 0 Å². The van der Waals surface area contributed by atoms with Crippen LogP contribution >= 0.6 is 23.2 Å². The van der Waals surface area contributed by atoms with E-state index >= 15 is 0 Å². The Balaban J connectivity index is 2.78. The monoisotopic (exact) mass is 370 g/mol. The molecule has 10 heteroatoms. The molecule has 1 amide bonds. The fourth-order valence-electron chi connectivity index (χ4n) is 1.75. The minimum Gasteiger partial charge on any atom is -0.364 e. The van der Waals surface area contributed by atoms with E-state index in [4.69, 9.17) is 23.2 Å². The largest absolute Gasteiger partial charge is 0.364 e. The van der Waals surface area contributed by atoms with Crippen molar-refractivity contribution in [3.05, 3.63) is 51.4 Å². The maximum atomic E-state index is 14.3. The predicted octanol–water partition coefficient (Wildman–Crippen LogP) is 4.05. The number of hydrogen-bond acceptors (Lipinski definition) is 2. The summed E-state index contributed by atoms with van der Waals surface area (Å²) < 4.78 is 68.7. The number of halogens is 7. The van der Waals surface area contributed by atoms with Crippen LogP contribution in [0.4, 0.5) is 22.0 Å². The first-order valence-electron chi connectivity index (χ1n) is 5.75. The van der Waals surface area contributed by atoms with Gasteiger partial charge in [-0.05, 0) is 18.2 Å². The lowest BCUT2D eigenvalue weighted by atomic mass is 10.0. The minimum absolute atomic E-state index is 0.383. The third-order valence-electron chi connectivity index (χ3n) is 2.86. The highest BCUT2D eigenvalue weighted by atomic mass is 35.5. The predicted molar refractivity (Wildman–Crippen MR) is 72.7 cm³/mol. The number of rotatable bonds is 3. The number of nitrogens with zero attached hydrogens (tertiary/aromatic N) is 1. The summed E-state index contributed by atoms with van der Waals surface area (Å²) in [5.74, 6) is -10.8. The number of pyridine rings is 1. The normalized spacial score (nSPS) is 11.6. The molecule has 0 unspecified atom stereocenters. The average molecular weight is 371 g/mol. The Kier molecular flexibility index (Phi) is 4.50. The van der Waals surface area contributed by atoms with Crippen LogP contribution in [0.25, 0.3) is 11.3 Å². The number of carbonyl (C=O) groups is 1. The van der Waals surface area contributed by atoms with E-state index in [0.717, 1.165) is 6.07 Å². The van der Waals surface area contributed by atoms with E-state index in [1.807, 2.05) is 0 Å².